The van der Waals surface area contributed by atoms with Gasteiger partial charge in [0.25, 0.3) is 10.0 Å². The molecule has 0 spiro atoms. The molecule has 136 valence electrons. The van der Waals surface area contributed by atoms with Crippen molar-refractivity contribution in [2.24, 2.45) is 0 Å². The van der Waals surface area contributed by atoms with E-state index in [1.54, 1.807) is 24.3 Å². The quantitative estimate of drug-likeness (QED) is 0.397. The van der Waals surface area contributed by atoms with E-state index in [9.17, 15) is 30.4 Å². The van der Waals surface area contributed by atoms with E-state index in [1.807, 2.05) is 4.72 Å². The zero-order valence-corrected chi connectivity index (χ0v) is 14.1. The number of thiazole rings is 1. The highest BCUT2D eigenvalue weighted by Crippen LogP contribution is 2.27. The molecule has 11 heteroatoms. The number of benzene rings is 2. The number of fused-ring (bicyclic) bond motifs is 1. The van der Waals surface area contributed by atoms with E-state index >= 15 is 0 Å². The van der Waals surface area contributed by atoms with Gasteiger partial charge in [0, 0.05) is 0 Å². The molecule has 0 amide bonds. The molecule has 1 N–H and O–H groups in total. The summed E-state index contributed by atoms with van der Waals surface area (Å²) in [7, 11) is -4.30. The Morgan fingerprint density at radius 1 is 0.923 bits per heavy atom. The minimum absolute atomic E-state index is 0.0201. The Kier molecular flexibility index (Phi) is 4.67. The molecule has 0 aliphatic carbocycles. The minimum Gasteiger partial charge on any atom is -0.255 e. The molecule has 0 aliphatic heterocycles. The summed E-state index contributed by atoms with van der Waals surface area (Å²) in [6.07, 6.45) is 0.284. The number of anilines is 1. The molecule has 0 bridgehead atoms. The number of sulfonamides is 1. The molecule has 1 aromatic heterocycles. The predicted molar refractivity (Wildman–Crippen MR) is 87.4 cm³/mol. The van der Waals surface area contributed by atoms with Crippen molar-refractivity contribution in [1.82, 2.24) is 4.98 Å². The van der Waals surface area contributed by atoms with Crippen molar-refractivity contribution < 1.29 is 30.4 Å². The van der Waals surface area contributed by atoms with E-state index < -0.39 is 44.7 Å². The van der Waals surface area contributed by atoms with Crippen LogP contribution in [0.5, 0.6) is 0 Å². The molecule has 1 heterocycles. The van der Waals surface area contributed by atoms with Gasteiger partial charge in [0.1, 0.15) is 0 Å². The summed E-state index contributed by atoms with van der Waals surface area (Å²) in [5, 5.41) is 0.269. The normalized spacial score (nSPS) is 12.2. The van der Waals surface area contributed by atoms with Gasteiger partial charge in [-0.15, -0.1) is 0 Å². The molecular weight excluding hydrogens is 399 g/mol. The highest BCUT2D eigenvalue weighted by atomic mass is 32.2. The molecule has 26 heavy (non-hydrogen) atoms. The molecule has 0 saturated carbocycles. The van der Waals surface area contributed by atoms with Crippen LogP contribution in [0.4, 0.5) is 27.1 Å². The van der Waals surface area contributed by atoms with Gasteiger partial charge in [0.15, 0.2) is 28.4 Å². The minimum atomic E-state index is -4.30. The number of hydrogen-bond donors (Lipinski definition) is 1. The first-order valence-corrected chi connectivity index (χ1v) is 9.14. The van der Waals surface area contributed by atoms with Crippen molar-refractivity contribution in [3.63, 3.8) is 0 Å². The van der Waals surface area contributed by atoms with Crippen LogP contribution in [-0.2, 0) is 10.0 Å². The molecule has 0 atom stereocenters. The van der Waals surface area contributed by atoms with Crippen LogP contribution in [0.1, 0.15) is 5.56 Å². The molecule has 0 saturated heterocycles. The third kappa shape index (κ3) is 3.40. The van der Waals surface area contributed by atoms with E-state index in [-0.39, 0.29) is 16.6 Å². The first-order chi connectivity index (χ1) is 12.2. The Bertz CT molecular complexity index is 1080. The van der Waals surface area contributed by atoms with Gasteiger partial charge in [0.2, 0.25) is 5.82 Å². The van der Waals surface area contributed by atoms with E-state index in [1.165, 1.54) is 0 Å². The summed E-state index contributed by atoms with van der Waals surface area (Å²) in [5.74, 6) is -10.9. The Labute approximate surface area is 147 Å². The van der Waals surface area contributed by atoms with E-state index in [4.69, 9.17) is 0 Å². The van der Waals surface area contributed by atoms with Gasteiger partial charge in [-0.05, 0) is 18.2 Å². The van der Waals surface area contributed by atoms with Gasteiger partial charge in [-0.1, -0.05) is 23.5 Å². The summed E-state index contributed by atoms with van der Waals surface area (Å²) < 4.78 is 93.0. The van der Waals surface area contributed by atoms with Crippen molar-refractivity contribution in [2.75, 3.05) is 4.72 Å². The second kappa shape index (κ2) is 6.65. The van der Waals surface area contributed by atoms with Crippen LogP contribution in [0, 0.1) is 29.1 Å². The molecule has 3 rings (SSSR count). The highest BCUT2D eigenvalue weighted by molar-refractivity contribution is 7.95. The van der Waals surface area contributed by atoms with Crippen LogP contribution >= 0.6 is 11.3 Å². The van der Waals surface area contributed by atoms with Crippen LogP contribution in [0.25, 0.3) is 16.3 Å². The number of para-hydroxylation sites is 1. The van der Waals surface area contributed by atoms with Crippen molar-refractivity contribution in [1.29, 1.82) is 0 Å². The first-order valence-electron chi connectivity index (χ1n) is 6.77. The van der Waals surface area contributed by atoms with Crippen molar-refractivity contribution >= 4 is 42.8 Å². The second-order valence-corrected chi connectivity index (χ2v) is 7.52. The van der Waals surface area contributed by atoms with E-state index in [0.717, 1.165) is 11.3 Å². The van der Waals surface area contributed by atoms with Crippen LogP contribution in [-0.4, -0.2) is 13.4 Å². The average molecular weight is 406 g/mol. The van der Waals surface area contributed by atoms with Gasteiger partial charge in [0.05, 0.1) is 21.2 Å². The third-order valence-electron chi connectivity index (χ3n) is 3.18. The maximum Gasteiger partial charge on any atom is 0.256 e. The Balaban J connectivity index is 1.92. The topological polar surface area (TPSA) is 59.1 Å². The van der Waals surface area contributed by atoms with Gasteiger partial charge >= 0.3 is 0 Å². The molecule has 0 aliphatic rings. The number of hydrogen-bond acceptors (Lipinski definition) is 4. The third-order valence-corrected chi connectivity index (χ3v) is 5.23. The fourth-order valence-corrected chi connectivity index (χ4v) is 3.90. The summed E-state index contributed by atoms with van der Waals surface area (Å²) in [5.41, 5.74) is -0.838. The monoisotopic (exact) mass is 406 g/mol. The summed E-state index contributed by atoms with van der Waals surface area (Å²) in [6, 6.07) is 6.77. The van der Waals surface area contributed by atoms with Crippen LogP contribution < -0.4 is 4.72 Å². The Hall–Kier alpha value is -2.53. The number of halogens is 5. The second-order valence-electron chi connectivity index (χ2n) is 4.92. The van der Waals surface area contributed by atoms with Crippen LogP contribution in [0.2, 0.25) is 0 Å². The number of nitrogens with zero attached hydrogens (tertiary/aromatic N) is 1. The molecule has 2 aromatic carbocycles. The lowest BCUT2D eigenvalue weighted by Gasteiger charge is -2.04. The Morgan fingerprint density at radius 3 is 2.12 bits per heavy atom. The highest BCUT2D eigenvalue weighted by Gasteiger charge is 2.24. The summed E-state index contributed by atoms with van der Waals surface area (Å²) in [4.78, 5) is 4.00. The molecular formula is C15H7F5N2O2S2. The molecule has 3 aromatic rings. The number of nitrogens with one attached hydrogen (secondary N) is 1. The standard InChI is InChI=1S/C15H7F5N2O2S2/c16-10-7(11(17)13(19)14(20)12(10)18)5-6-26(23,24)22-15-21-8-3-1-2-4-9(8)25-15/h1-6H,(H,21,22)/b6-5+. The maximum absolute atomic E-state index is 13.5. The molecule has 0 fully saturated rings. The number of aromatic nitrogens is 1. The molecule has 0 unspecified atom stereocenters. The lowest BCUT2D eigenvalue weighted by Crippen LogP contribution is -2.09. The van der Waals surface area contributed by atoms with Gasteiger partial charge in [-0.3, -0.25) is 4.72 Å². The summed E-state index contributed by atoms with van der Waals surface area (Å²) in [6.45, 7) is 0. The van der Waals surface area contributed by atoms with Crippen molar-refractivity contribution in [3.8, 4) is 0 Å². The van der Waals surface area contributed by atoms with E-state index in [2.05, 4.69) is 4.98 Å². The first kappa shape index (κ1) is 18.3. The zero-order chi connectivity index (χ0) is 19.1. The van der Waals surface area contributed by atoms with E-state index in [0.29, 0.717) is 10.2 Å². The Morgan fingerprint density at radius 2 is 1.50 bits per heavy atom. The fraction of sp³-hybridized carbons (Fsp3) is 0. The van der Waals surface area contributed by atoms with Gasteiger partial charge < -0.3 is 0 Å². The van der Waals surface area contributed by atoms with Crippen LogP contribution in [0.3, 0.4) is 0 Å². The van der Waals surface area contributed by atoms with Crippen molar-refractivity contribution in [3.05, 3.63) is 64.3 Å². The maximum atomic E-state index is 13.5. The SMILES string of the molecule is O=S(=O)(/C=C/c1c(F)c(F)c(F)c(F)c1F)Nc1nc2ccccc2s1. The van der Waals surface area contributed by atoms with Crippen LogP contribution in [0.15, 0.2) is 29.7 Å². The van der Waals surface area contributed by atoms with Gasteiger partial charge in [-0.25, -0.2) is 35.4 Å². The average Bonchev–Trinajstić information content (AvgIpc) is 2.99. The number of rotatable bonds is 4. The van der Waals surface area contributed by atoms with Gasteiger partial charge in [-0.2, -0.15) is 0 Å². The zero-order valence-electron chi connectivity index (χ0n) is 12.4. The van der Waals surface area contributed by atoms with Crippen molar-refractivity contribution in [2.45, 2.75) is 0 Å². The summed E-state index contributed by atoms with van der Waals surface area (Å²) >= 11 is 1.01. The smallest absolute Gasteiger partial charge is 0.255 e. The predicted octanol–water partition coefficient (Wildman–Crippen LogP) is 4.40. The fourth-order valence-electron chi connectivity index (χ4n) is 2.00. The lowest BCUT2D eigenvalue weighted by molar-refractivity contribution is 0.377. The molecule has 0 radical (unpaired) electrons. The largest absolute Gasteiger partial charge is 0.256 e. The molecule has 4 nitrogen and oxygen atoms in total. The lowest BCUT2D eigenvalue weighted by atomic mass is 10.1.